The molecule has 37 nitrogen and oxygen atoms in total. The zero-order valence-corrected chi connectivity index (χ0v) is 59.8. The molecule has 0 bridgehead atoms. The number of anilines is 2. The first kappa shape index (κ1) is 95.1. The van der Waals surface area contributed by atoms with E-state index in [0.717, 1.165) is 4.90 Å². The molecule has 102 heavy (non-hydrogen) atoms. The lowest BCUT2D eigenvalue weighted by Crippen LogP contribution is -2.55. The van der Waals surface area contributed by atoms with Gasteiger partial charge in [-0.2, -0.15) is 41.4 Å². The number of nitrogens with one attached hydrogen (secondary N) is 4. The third kappa shape index (κ3) is 53.0. The molecule has 1 fully saturated rings. The van der Waals surface area contributed by atoms with Crippen molar-refractivity contribution in [3.05, 3.63) is 54.1 Å². The van der Waals surface area contributed by atoms with E-state index in [0.29, 0.717) is 157 Å². The van der Waals surface area contributed by atoms with Crippen LogP contribution in [0.25, 0.3) is 0 Å². The van der Waals surface area contributed by atoms with Gasteiger partial charge in [0.25, 0.3) is 0 Å². The van der Waals surface area contributed by atoms with Crippen LogP contribution in [-0.4, -0.2) is 309 Å². The van der Waals surface area contributed by atoms with Gasteiger partial charge in [0.05, 0.1) is 201 Å². The highest BCUT2D eigenvalue weighted by atomic mass is 32.2. The number of benzene rings is 2. The molecule has 0 spiro atoms. The first-order chi connectivity index (χ1) is 49.1. The van der Waals surface area contributed by atoms with Crippen molar-refractivity contribution >= 4 is 105 Å². The van der Waals surface area contributed by atoms with Gasteiger partial charge in [-0.25, -0.2) is 18.5 Å². The summed E-state index contributed by atoms with van der Waals surface area (Å²) in [5.41, 5.74) is 1.06. The van der Waals surface area contributed by atoms with Gasteiger partial charge in [0.1, 0.15) is 0 Å². The van der Waals surface area contributed by atoms with Crippen LogP contribution in [0.3, 0.4) is 0 Å². The number of ether oxygens (including phenoxy) is 12. The molecule has 1 aliphatic heterocycles. The van der Waals surface area contributed by atoms with Crippen molar-refractivity contribution in [2.45, 2.75) is 44.0 Å². The van der Waals surface area contributed by atoms with Gasteiger partial charge in [-0.05, 0) is 48.9 Å². The van der Waals surface area contributed by atoms with Gasteiger partial charge in [0.15, 0.2) is 11.6 Å². The van der Waals surface area contributed by atoms with Gasteiger partial charge < -0.3 is 82.1 Å². The molecule has 0 radical (unpaired) electrons. The Bertz CT molecular complexity index is 2840. The van der Waals surface area contributed by atoms with Crippen LogP contribution in [0.15, 0.2) is 53.4 Å². The van der Waals surface area contributed by atoms with Gasteiger partial charge in [-0.3, -0.25) is 47.6 Å². The monoisotopic (exact) mass is 1510 g/mol. The fourth-order valence-electron chi connectivity index (χ4n) is 8.29. The lowest BCUT2D eigenvalue weighted by molar-refractivity contribution is -0.193. The minimum atomic E-state index is -3.93. The van der Waals surface area contributed by atoms with Crippen LogP contribution in [0, 0.1) is 5.92 Å². The molecule has 3 rings (SSSR count). The Morgan fingerprint density at radius 1 is 0.578 bits per heavy atom. The number of thiol groups is 1. The Hall–Kier alpha value is -6.92. The molecule has 40 heteroatoms. The summed E-state index contributed by atoms with van der Waals surface area (Å²) in [6, 6.07) is 10.6. The van der Waals surface area contributed by atoms with Gasteiger partial charge in [-0.1, -0.05) is 19.1 Å². The molecule has 2 aromatic carbocycles. The van der Waals surface area contributed by atoms with Crippen LogP contribution in [0.4, 0.5) is 11.4 Å². The first-order valence-electron chi connectivity index (χ1n) is 31.9. The molecule has 576 valence electrons. The number of hydrogen-bond acceptors (Lipinski definition) is 32. The fourth-order valence-corrected chi connectivity index (χ4v) is 9.25. The Morgan fingerprint density at radius 2 is 0.971 bits per heavy atom. The maximum absolute atomic E-state index is 13.2. The number of carbonyl (C=O) groups excluding carboxylic acids is 13. The smallest absolute Gasteiger partial charge is 0.373 e. The van der Waals surface area contributed by atoms with E-state index < -0.39 is 51.0 Å². The first-order valence-corrected chi connectivity index (χ1v) is 35.1. The lowest BCUT2D eigenvalue weighted by atomic mass is 10.00. The fraction of sp³-hybridized carbons (Fsp3) is 0.645. The number of carbonyl (C=O) groups is 7. The second kappa shape index (κ2) is 63.7. The summed E-state index contributed by atoms with van der Waals surface area (Å²) in [4.78, 5) is 142. The van der Waals surface area contributed by atoms with Crippen molar-refractivity contribution in [1.29, 1.82) is 0 Å². The van der Waals surface area contributed by atoms with Crippen molar-refractivity contribution < 1.29 is 136 Å². The van der Waals surface area contributed by atoms with E-state index in [-0.39, 0.29) is 143 Å². The zero-order chi connectivity index (χ0) is 75.9. The number of imide groups is 1. The van der Waals surface area contributed by atoms with E-state index in [4.69, 9.17) is 90.7 Å². The van der Waals surface area contributed by atoms with E-state index in [9.17, 15) is 50.7 Å². The van der Waals surface area contributed by atoms with Gasteiger partial charge >= 0.3 is 18.5 Å². The molecule has 1 saturated heterocycles. The normalized spacial score (nSPS) is 12.9. The van der Waals surface area contributed by atoms with E-state index in [2.05, 4.69) is 33.3 Å². The molecule has 0 aliphatic carbocycles. The van der Waals surface area contributed by atoms with Crippen molar-refractivity contribution in [3.63, 3.8) is 0 Å². The van der Waals surface area contributed by atoms with Crippen LogP contribution >= 0.6 is 12.6 Å². The van der Waals surface area contributed by atoms with Gasteiger partial charge in [0.2, 0.25) is 39.6 Å². The summed E-state index contributed by atoms with van der Waals surface area (Å²) in [5.74, 6) is -2.41. The van der Waals surface area contributed by atoms with Crippen molar-refractivity contribution in [2.75, 3.05) is 226 Å². The number of primary sulfonamides is 1. The van der Waals surface area contributed by atoms with Gasteiger partial charge in [0, 0.05) is 74.1 Å². The number of hydrogen-bond donors (Lipinski definition) is 6. The number of rotatable bonds is 59. The summed E-state index contributed by atoms with van der Waals surface area (Å²) in [6.07, 6.45) is 0.822. The second-order valence-corrected chi connectivity index (χ2v) is 23.6. The molecular formula is C62H95N8O29S3-. The molecule has 1 heterocycles. The summed E-state index contributed by atoms with van der Waals surface area (Å²) < 4.78 is 114. The van der Waals surface area contributed by atoms with E-state index in [1.54, 1.807) is 23.6 Å². The summed E-state index contributed by atoms with van der Waals surface area (Å²) >= 11 is 1.50. The highest BCUT2D eigenvalue weighted by molar-refractivity contribution is 7.89. The zero-order valence-electron chi connectivity index (χ0n) is 57.3. The molecule has 2 aromatic rings. The molecule has 1 aliphatic rings. The maximum atomic E-state index is 13.2. The Kier molecular flexibility index (Phi) is 59.4. The number of amides is 5. The van der Waals surface area contributed by atoms with Crippen LogP contribution in [0.5, 0.6) is 0 Å². The van der Waals surface area contributed by atoms with E-state index in [1.165, 1.54) is 48.5 Å². The van der Waals surface area contributed by atoms with Crippen LogP contribution < -0.4 is 30.7 Å². The molecule has 6 N–H and O–H groups in total. The van der Waals surface area contributed by atoms with Crippen molar-refractivity contribution in [1.82, 2.24) is 25.8 Å². The minimum absolute atomic E-state index is 0.0345. The number of nitrogens with zero attached hydrogens (tertiary/aromatic N) is 3. The number of sulfonamides is 1. The number of nitrogens with two attached hydrogens (primary N) is 1. The third-order valence-corrected chi connectivity index (χ3v) is 14.6. The predicted octanol–water partition coefficient (Wildman–Crippen LogP) is -3.07. The van der Waals surface area contributed by atoms with Crippen molar-refractivity contribution in [2.24, 2.45) is 11.1 Å². The Labute approximate surface area is 599 Å². The average Bonchev–Trinajstić information content (AvgIpc) is 0.814. The SMILES string of the molecule is C[C@H](CC(=O)[C@H](C)NC(=O)CCOCCOCCOCCOCCOCCOCCOCCOCCOCCOCCOCCOCCNC(=O)CN(CCN1CC(=O)N(c2ccc(NS(=O)[O-])cc2)C(=O)C1)CC(=O)Cc1ccc(S(N)(=O)=O)cc1)C(=O)NCCS.O=C=O.O=C=O.O=C=O. The van der Waals surface area contributed by atoms with Crippen molar-refractivity contribution in [3.8, 4) is 0 Å². The topological polar surface area (TPSA) is 491 Å². The quantitative estimate of drug-likeness (QED) is 0.0166. The number of Topliss-reactive ketones (excluding diaryl/α,β-unsaturated/α-hetero) is 2. The molecule has 3 atom stereocenters. The predicted molar refractivity (Wildman–Crippen MR) is 357 cm³/mol. The minimum Gasteiger partial charge on any atom is -0.755 e. The Balaban J connectivity index is 0.0000107. The molecule has 0 saturated carbocycles. The highest BCUT2D eigenvalue weighted by Gasteiger charge is 2.33. The van der Waals surface area contributed by atoms with Crippen LogP contribution in [0.1, 0.15) is 32.3 Å². The Morgan fingerprint density at radius 3 is 1.35 bits per heavy atom. The van der Waals surface area contributed by atoms with Crippen LogP contribution in [-0.2, 0) is 147 Å². The maximum Gasteiger partial charge on any atom is 0.373 e. The van der Waals surface area contributed by atoms with E-state index in [1.807, 2.05) is 0 Å². The highest BCUT2D eigenvalue weighted by Crippen LogP contribution is 2.21. The average molecular weight is 1510 g/mol. The molecule has 1 unspecified atom stereocenters. The van der Waals surface area contributed by atoms with Crippen LogP contribution in [0.2, 0.25) is 0 Å². The lowest BCUT2D eigenvalue weighted by Gasteiger charge is -2.34. The summed E-state index contributed by atoms with van der Waals surface area (Å²) in [7, 11) is -3.93. The third-order valence-electron chi connectivity index (χ3n) is 13.1. The standard InChI is InChI=1S/C59H96N8O23S3.3CO2/c1-47(59(74)62-13-40-91)41-54(69)48(2)63-55(70)11-16-79-18-20-81-22-24-83-26-28-85-30-32-87-34-36-89-38-39-90-37-35-88-33-31-86-29-27-84-25-23-82-21-19-80-17-12-61-56(71)44-65(43-52(68)42-49-3-9-53(10-4-49)93(60,77)78)14-15-66-45-57(72)67(58(73)46-66)51-7-5-50(6-8-51)64-92(75)76;3*2-1-3/h3-10,47-48,64,91H,11-46H2,1-2H3,(H,61,71)(H,62,74)(H,63,70)(H,75,76)(H2,60,77,78);;;/p-1/t47-,48+;;;/m1.../s1. The van der Waals surface area contributed by atoms with E-state index >= 15 is 0 Å². The second-order valence-electron chi connectivity index (χ2n) is 20.9. The molecule has 5 amide bonds. The summed E-state index contributed by atoms with van der Waals surface area (Å²) in [5, 5.41) is 13.3. The number of piperazine rings is 1. The number of ketones is 2. The largest absolute Gasteiger partial charge is 0.755 e. The summed E-state index contributed by atoms with van der Waals surface area (Å²) in [6.45, 7) is 12.4. The molecular weight excluding hydrogens is 1420 g/mol. The molecule has 0 aromatic heterocycles. The van der Waals surface area contributed by atoms with Gasteiger partial charge in [-0.15, -0.1) is 0 Å².